The summed E-state index contributed by atoms with van der Waals surface area (Å²) < 4.78 is 1.80. The van der Waals surface area contributed by atoms with Crippen molar-refractivity contribution in [3.05, 3.63) is 18.0 Å². The summed E-state index contributed by atoms with van der Waals surface area (Å²) in [6.45, 7) is 2.71. The highest BCUT2D eigenvalue weighted by molar-refractivity contribution is 5.85. The second kappa shape index (κ2) is 5.51. The quantitative estimate of drug-likeness (QED) is 0.865. The van der Waals surface area contributed by atoms with E-state index >= 15 is 0 Å². The van der Waals surface area contributed by atoms with Crippen molar-refractivity contribution in [1.29, 1.82) is 0 Å². The SMILES string of the molecule is Cl.Cn1nccc1CNC(=O)C1CC12CCNCC2. The van der Waals surface area contributed by atoms with Crippen LogP contribution in [0.2, 0.25) is 0 Å². The molecular weight excluding hydrogens is 264 g/mol. The molecule has 0 bridgehead atoms. The third-order valence-corrected chi connectivity index (χ3v) is 4.47. The third kappa shape index (κ3) is 2.77. The van der Waals surface area contributed by atoms with Crippen LogP contribution in [-0.4, -0.2) is 28.8 Å². The number of hydrogen-bond acceptors (Lipinski definition) is 3. The Kier molecular flexibility index (Phi) is 4.16. The average molecular weight is 285 g/mol. The maximum atomic E-state index is 12.1. The van der Waals surface area contributed by atoms with Crippen LogP contribution in [0.3, 0.4) is 0 Å². The fourth-order valence-electron chi connectivity index (χ4n) is 3.07. The maximum Gasteiger partial charge on any atom is 0.224 e. The number of piperidine rings is 1. The van der Waals surface area contributed by atoms with E-state index in [1.165, 1.54) is 0 Å². The van der Waals surface area contributed by atoms with Crippen LogP contribution < -0.4 is 10.6 Å². The molecule has 2 heterocycles. The zero-order chi connectivity index (χ0) is 12.6. The van der Waals surface area contributed by atoms with Crippen LogP contribution in [0.5, 0.6) is 0 Å². The number of amides is 1. The Morgan fingerprint density at radius 2 is 2.32 bits per heavy atom. The minimum absolute atomic E-state index is 0. The van der Waals surface area contributed by atoms with Crippen molar-refractivity contribution in [3.8, 4) is 0 Å². The van der Waals surface area contributed by atoms with Crippen molar-refractivity contribution in [2.75, 3.05) is 13.1 Å². The Morgan fingerprint density at radius 3 is 2.95 bits per heavy atom. The molecule has 1 aliphatic heterocycles. The van der Waals surface area contributed by atoms with Crippen molar-refractivity contribution in [2.45, 2.75) is 25.8 Å². The van der Waals surface area contributed by atoms with E-state index in [1.54, 1.807) is 10.9 Å². The molecule has 0 aromatic carbocycles. The molecule has 3 rings (SSSR count). The molecule has 5 nitrogen and oxygen atoms in total. The van der Waals surface area contributed by atoms with Crippen molar-refractivity contribution in [1.82, 2.24) is 20.4 Å². The maximum absolute atomic E-state index is 12.1. The van der Waals surface area contributed by atoms with Gasteiger partial charge in [0.15, 0.2) is 0 Å². The van der Waals surface area contributed by atoms with E-state index in [4.69, 9.17) is 0 Å². The van der Waals surface area contributed by atoms with Gasteiger partial charge < -0.3 is 10.6 Å². The smallest absolute Gasteiger partial charge is 0.224 e. The molecule has 6 heteroatoms. The topological polar surface area (TPSA) is 59.0 Å². The molecule has 1 aliphatic carbocycles. The molecule has 1 unspecified atom stereocenters. The minimum atomic E-state index is 0. The normalized spacial score (nSPS) is 23.7. The van der Waals surface area contributed by atoms with Gasteiger partial charge in [0.1, 0.15) is 0 Å². The van der Waals surface area contributed by atoms with E-state index in [0.717, 1.165) is 38.0 Å². The van der Waals surface area contributed by atoms with E-state index in [0.29, 0.717) is 12.0 Å². The zero-order valence-corrected chi connectivity index (χ0v) is 12.0. The number of rotatable bonds is 3. The highest BCUT2D eigenvalue weighted by Gasteiger charge is 2.57. The predicted octanol–water partition coefficient (Wildman–Crippen LogP) is 0.848. The van der Waals surface area contributed by atoms with Crippen LogP contribution in [0.15, 0.2) is 12.3 Å². The Labute approximate surface area is 119 Å². The minimum Gasteiger partial charge on any atom is -0.350 e. The summed E-state index contributed by atoms with van der Waals surface area (Å²) in [5.41, 5.74) is 1.37. The molecule has 1 aromatic rings. The van der Waals surface area contributed by atoms with Crippen LogP contribution in [0, 0.1) is 11.3 Å². The van der Waals surface area contributed by atoms with E-state index in [9.17, 15) is 4.79 Å². The van der Waals surface area contributed by atoms with Gasteiger partial charge in [-0.3, -0.25) is 9.48 Å². The molecule has 2 fully saturated rings. The number of nitrogens with one attached hydrogen (secondary N) is 2. The van der Waals surface area contributed by atoms with Crippen molar-refractivity contribution < 1.29 is 4.79 Å². The summed E-state index contributed by atoms with van der Waals surface area (Å²) in [5.74, 6) is 0.464. The molecule has 19 heavy (non-hydrogen) atoms. The van der Waals surface area contributed by atoms with Gasteiger partial charge in [-0.05, 0) is 43.8 Å². The van der Waals surface area contributed by atoms with Gasteiger partial charge in [-0.1, -0.05) is 0 Å². The number of carbonyl (C=O) groups is 1. The first kappa shape index (κ1) is 14.3. The number of halogens is 1. The predicted molar refractivity (Wildman–Crippen MR) is 74.9 cm³/mol. The van der Waals surface area contributed by atoms with Crippen LogP contribution in [-0.2, 0) is 18.4 Å². The fraction of sp³-hybridized carbons (Fsp3) is 0.692. The summed E-state index contributed by atoms with van der Waals surface area (Å²) in [7, 11) is 1.90. The van der Waals surface area contributed by atoms with E-state index in [1.807, 2.05) is 13.1 Å². The fourth-order valence-corrected chi connectivity index (χ4v) is 3.07. The van der Waals surface area contributed by atoms with Gasteiger partial charge in [0.05, 0.1) is 12.2 Å². The molecule has 106 valence electrons. The molecule has 1 amide bonds. The second-order valence-electron chi connectivity index (χ2n) is 5.53. The first-order valence-electron chi connectivity index (χ1n) is 6.67. The van der Waals surface area contributed by atoms with Crippen molar-refractivity contribution in [2.24, 2.45) is 18.4 Å². The molecule has 2 N–H and O–H groups in total. The molecule has 0 radical (unpaired) electrons. The van der Waals surface area contributed by atoms with Crippen LogP contribution in [0.4, 0.5) is 0 Å². The number of carbonyl (C=O) groups excluding carboxylic acids is 1. The van der Waals surface area contributed by atoms with Gasteiger partial charge >= 0.3 is 0 Å². The largest absolute Gasteiger partial charge is 0.350 e. The van der Waals surface area contributed by atoms with Gasteiger partial charge in [0.25, 0.3) is 0 Å². The van der Waals surface area contributed by atoms with E-state index in [-0.39, 0.29) is 24.2 Å². The van der Waals surface area contributed by atoms with Gasteiger partial charge in [0.2, 0.25) is 5.91 Å². The van der Waals surface area contributed by atoms with E-state index in [2.05, 4.69) is 15.7 Å². The lowest BCUT2D eigenvalue weighted by Crippen LogP contribution is -2.33. The Hall–Kier alpha value is -1.07. The Bertz CT molecular complexity index is 453. The number of aromatic nitrogens is 2. The highest BCUT2D eigenvalue weighted by atomic mass is 35.5. The molecular formula is C13H21ClN4O. The standard InChI is InChI=1S/C13H20N4O.ClH/c1-17-10(2-5-16-17)9-15-12(18)11-8-13(11)3-6-14-7-4-13;/h2,5,11,14H,3-4,6-9H2,1H3,(H,15,18);1H. The number of hydrogen-bond donors (Lipinski definition) is 2. The van der Waals surface area contributed by atoms with Crippen LogP contribution in [0.25, 0.3) is 0 Å². The lowest BCUT2D eigenvalue weighted by molar-refractivity contribution is -0.123. The molecule has 1 saturated heterocycles. The summed E-state index contributed by atoms with van der Waals surface area (Å²) in [6.07, 6.45) is 5.13. The monoisotopic (exact) mass is 284 g/mol. The number of aryl methyl sites for hydroxylation is 1. The van der Waals surface area contributed by atoms with E-state index < -0.39 is 0 Å². The van der Waals surface area contributed by atoms with Crippen LogP contribution >= 0.6 is 12.4 Å². The lowest BCUT2D eigenvalue weighted by atomic mass is 9.92. The summed E-state index contributed by atoms with van der Waals surface area (Å²) >= 11 is 0. The molecule has 1 atom stereocenters. The second-order valence-corrected chi connectivity index (χ2v) is 5.53. The molecule has 1 aromatic heterocycles. The van der Waals surface area contributed by atoms with Gasteiger partial charge in [-0.15, -0.1) is 12.4 Å². The average Bonchev–Trinajstić information content (AvgIpc) is 2.90. The van der Waals surface area contributed by atoms with Gasteiger partial charge in [0, 0.05) is 19.2 Å². The van der Waals surface area contributed by atoms with Gasteiger partial charge in [-0.2, -0.15) is 5.10 Å². The number of nitrogens with zero attached hydrogens (tertiary/aromatic N) is 2. The lowest BCUT2D eigenvalue weighted by Gasteiger charge is -2.23. The third-order valence-electron chi connectivity index (χ3n) is 4.47. The highest BCUT2D eigenvalue weighted by Crippen LogP contribution is 2.58. The molecule has 1 spiro atoms. The molecule has 2 aliphatic rings. The van der Waals surface area contributed by atoms with Crippen LogP contribution in [0.1, 0.15) is 25.0 Å². The molecule has 1 saturated carbocycles. The Balaban J connectivity index is 0.00000133. The first-order chi connectivity index (χ1) is 8.71. The van der Waals surface area contributed by atoms with Crippen molar-refractivity contribution >= 4 is 18.3 Å². The summed E-state index contributed by atoms with van der Waals surface area (Å²) in [5, 5.41) is 10.5. The first-order valence-corrected chi connectivity index (χ1v) is 6.67. The summed E-state index contributed by atoms with van der Waals surface area (Å²) in [6, 6.07) is 1.94. The van der Waals surface area contributed by atoms with Crippen molar-refractivity contribution in [3.63, 3.8) is 0 Å². The van der Waals surface area contributed by atoms with Gasteiger partial charge in [-0.25, -0.2) is 0 Å². The zero-order valence-electron chi connectivity index (χ0n) is 11.2. The summed E-state index contributed by atoms with van der Waals surface area (Å²) in [4.78, 5) is 12.1. The Morgan fingerprint density at radius 1 is 1.58 bits per heavy atom.